The molecule has 0 aliphatic heterocycles. The lowest BCUT2D eigenvalue weighted by atomic mass is 10.2. The molecule has 7 nitrogen and oxygen atoms in total. The van der Waals surface area contributed by atoms with E-state index in [0.29, 0.717) is 17.1 Å². The first-order valence-corrected chi connectivity index (χ1v) is 9.01. The van der Waals surface area contributed by atoms with E-state index in [1.54, 1.807) is 30.3 Å². The number of hydrogen-bond acceptors (Lipinski definition) is 5. The summed E-state index contributed by atoms with van der Waals surface area (Å²) in [6.07, 6.45) is 1.52. The fourth-order valence-corrected chi connectivity index (χ4v) is 2.78. The number of carbonyl (C=O) groups is 1. The molecule has 2 aromatic carbocycles. The fourth-order valence-electron chi connectivity index (χ4n) is 2.78. The number of para-hydroxylation sites is 1. The molecular formula is C22H18N4O3. The van der Waals surface area contributed by atoms with Gasteiger partial charge in [-0.3, -0.25) is 9.59 Å². The van der Waals surface area contributed by atoms with Crippen molar-refractivity contribution < 1.29 is 9.21 Å². The number of aromatic nitrogens is 2. The molecule has 0 radical (unpaired) electrons. The Labute approximate surface area is 166 Å². The van der Waals surface area contributed by atoms with E-state index in [1.807, 2.05) is 42.5 Å². The molecule has 7 heteroatoms. The van der Waals surface area contributed by atoms with Crippen LogP contribution in [-0.2, 0) is 11.3 Å². The van der Waals surface area contributed by atoms with Gasteiger partial charge in [0.25, 0.3) is 5.56 Å². The predicted molar refractivity (Wildman–Crippen MR) is 111 cm³/mol. The highest BCUT2D eigenvalue weighted by Crippen LogP contribution is 2.19. The van der Waals surface area contributed by atoms with Crippen molar-refractivity contribution in [1.29, 1.82) is 0 Å². The van der Waals surface area contributed by atoms with Crippen molar-refractivity contribution in [2.75, 3.05) is 10.6 Å². The third kappa shape index (κ3) is 4.59. The average molecular weight is 386 g/mol. The monoisotopic (exact) mass is 386 g/mol. The number of furan rings is 1. The van der Waals surface area contributed by atoms with Gasteiger partial charge in [0.15, 0.2) is 5.76 Å². The van der Waals surface area contributed by atoms with Crippen LogP contribution in [0.5, 0.6) is 0 Å². The molecule has 0 aliphatic rings. The molecule has 0 bridgehead atoms. The van der Waals surface area contributed by atoms with E-state index >= 15 is 0 Å². The van der Waals surface area contributed by atoms with Crippen LogP contribution in [0.25, 0.3) is 11.5 Å². The number of nitrogens with one attached hydrogen (secondary N) is 2. The zero-order chi connectivity index (χ0) is 20.1. The first-order valence-electron chi connectivity index (χ1n) is 9.01. The molecular weight excluding hydrogens is 368 g/mol. The highest BCUT2D eigenvalue weighted by molar-refractivity contribution is 5.90. The van der Waals surface area contributed by atoms with Crippen LogP contribution in [0.1, 0.15) is 0 Å². The zero-order valence-corrected chi connectivity index (χ0v) is 15.4. The Morgan fingerprint density at radius 3 is 2.31 bits per heavy atom. The molecule has 0 unspecified atom stereocenters. The van der Waals surface area contributed by atoms with Gasteiger partial charge in [0.05, 0.1) is 6.26 Å². The largest absolute Gasteiger partial charge is 0.463 e. The number of anilines is 3. The van der Waals surface area contributed by atoms with Gasteiger partial charge in [-0.25, -0.2) is 4.68 Å². The Morgan fingerprint density at radius 1 is 0.862 bits per heavy atom. The number of nitrogens with zero attached hydrogens (tertiary/aromatic N) is 2. The fraction of sp³-hybridized carbons (Fsp3) is 0.0455. The molecule has 1 amide bonds. The molecule has 2 aromatic heterocycles. The minimum atomic E-state index is -0.363. The maximum Gasteiger partial charge on any atom is 0.267 e. The standard InChI is InChI=1S/C22H18N4O3/c27-21(15-26-22(28)13-12-19(25-26)20-7-4-14-29-20)24-18-10-8-17(9-11-18)23-16-5-2-1-3-6-16/h1-14,23H,15H2,(H,24,27). The SMILES string of the molecule is O=C(Cn1nc(-c2ccco2)ccc1=O)Nc1ccc(Nc2ccccc2)cc1. The van der Waals surface area contributed by atoms with E-state index < -0.39 is 0 Å². The van der Waals surface area contributed by atoms with E-state index in [4.69, 9.17) is 4.42 Å². The lowest BCUT2D eigenvalue weighted by Gasteiger charge is -2.09. The van der Waals surface area contributed by atoms with Crippen LogP contribution in [0.3, 0.4) is 0 Å². The summed E-state index contributed by atoms with van der Waals surface area (Å²) in [7, 11) is 0. The second-order valence-corrected chi connectivity index (χ2v) is 6.31. The van der Waals surface area contributed by atoms with E-state index in [2.05, 4.69) is 15.7 Å². The van der Waals surface area contributed by atoms with Crippen molar-refractivity contribution in [3.63, 3.8) is 0 Å². The molecule has 4 aromatic rings. The van der Waals surface area contributed by atoms with Gasteiger partial charge in [0, 0.05) is 23.1 Å². The molecule has 0 fully saturated rings. The normalized spacial score (nSPS) is 10.5. The van der Waals surface area contributed by atoms with Crippen LogP contribution in [0.4, 0.5) is 17.1 Å². The van der Waals surface area contributed by atoms with Crippen molar-refractivity contribution >= 4 is 23.0 Å². The Hall–Kier alpha value is -4.13. The van der Waals surface area contributed by atoms with Gasteiger partial charge in [-0.05, 0) is 54.6 Å². The second kappa shape index (κ2) is 8.26. The number of rotatable bonds is 6. The predicted octanol–water partition coefficient (Wildman–Crippen LogP) is 3.89. The van der Waals surface area contributed by atoms with Gasteiger partial charge in [0.1, 0.15) is 12.2 Å². The number of amides is 1. The maximum atomic E-state index is 12.4. The quantitative estimate of drug-likeness (QED) is 0.525. The first kappa shape index (κ1) is 18.2. The van der Waals surface area contributed by atoms with E-state index in [-0.39, 0.29) is 18.0 Å². The topological polar surface area (TPSA) is 89.2 Å². The van der Waals surface area contributed by atoms with Crippen LogP contribution >= 0.6 is 0 Å². The minimum absolute atomic E-state index is 0.197. The summed E-state index contributed by atoms with van der Waals surface area (Å²) in [5.41, 5.74) is 2.63. The lowest BCUT2D eigenvalue weighted by Crippen LogP contribution is -2.29. The third-order valence-electron chi connectivity index (χ3n) is 4.16. The van der Waals surface area contributed by atoms with Crippen LogP contribution < -0.4 is 16.2 Å². The third-order valence-corrected chi connectivity index (χ3v) is 4.16. The van der Waals surface area contributed by atoms with Gasteiger partial charge in [-0.1, -0.05) is 18.2 Å². The molecule has 2 heterocycles. The maximum absolute atomic E-state index is 12.4. The molecule has 0 spiro atoms. The summed E-state index contributed by atoms with van der Waals surface area (Å²) in [5.74, 6) is 0.181. The summed E-state index contributed by atoms with van der Waals surface area (Å²) in [6, 6.07) is 23.5. The van der Waals surface area contributed by atoms with E-state index in [0.717, 1.165) is 16.1 Å². The summed E-state index contributed by atoms with van der Waals surface area (Å²) in [4.78, 5) is 24.4. The molecule has 0 saturated heterocycles. The van der Waals surface area contributed by atoms with Crippen LogP contribution in [-0.4, -0.2) is 15.7 Å². The van der Waals surface area contributed by atoms with Crippen molar-refractivity contribution in [3.8, 4) is 11.5 Å². The van der Waals surface area contributed by atoms with Crippen LogP contribution in [0.15, 0.2) is 94.3 Å². The minimum Gasteiger partial charge on any atom is -0.463 e. The Balaban J connectivity index is 1.41. The zero-order valence-electron chi connectivity index (χ0n) is 15.4. The smallest absolute Gasteiger partial charge is 0.267 e. The Morgan fingerprint density at radius 2 is 1.59 bits per heavy atom. The number of carbonyl (C=O) groups excluding carboxylic acids is 1. The van der Waals surface area contributed by atoms with E-state index in [9.17, 15) is 9.59 Å². The highest BCUT2D eigenvalue weighted by atomic mass is 16.3. The highest BCUT2D eigenvalue weighted by Gasteiger charge is 2.10. The van der Waals surface area contributed by atoms with Crippen LogP contribution in [0.2, 0.25) is 0 Å². The summed E-state index contributed by atoms with van der Waals surface area (Å²) in [6.45, 7) is -0.197. The van der Waals surface area contributed by atoms with Gasteiger partial charge >= 0.3 is 0 Å². The molecule has 4 rings (SSSR count). The number of hydrogen-bond donors (Lipinski definition) is 2. The molecule has 2 N–H and O–H groups in total. The van der Waals surface area contributed by atoms with Crippen LogP contribution in [0, 0.1) is 0 Å². The molecule has 0 aliphatic carbocycles. The summed E-state index contributed by atoms with van der Waals surface area (Å²) >= 11 is 0. The molecule has 144 valence electrons. The number of benzene rings is 2. The molecule has 0 saturated carbocycles. The van der Waals surface area contributed by atoms with Gasteiger partial charge < -0.3 is 15.1 Å². The average Bonchev–Trinajstić information content (AvgIpc) is 3.27. The first-order chi connectivity index (χ1) is 14.2. The Kier molecular flexibility index (Phi) is 5.20. The molecule has 0 atom stereocenters. The summed E-state index contributed by atoms with van der Waals surface area (Å²) in [5, 5.41) is 10.2. The van der Waals surface area contributed by atoms with Crippen molar-refractivity contribution in [3.05, 3.63) is 95.5 Å². The van der Waals surface area contributed by atoms with Gasteiger partial charge in [0.2, 0.25) is 5.91 Å². The van der Waals surface area contributed by atoms with Gasteiger partial charge in [-0.2, -0.15) is 5.10 Å². The van der Waals surface area contributed by atoms with Crippen molar-refractivity contribution in [2.24, 2.45) is 0 Å². The second-order valence-electron chi connectivity index (χ2n) is 6.31. The Bertz CT molecular complexity index is 1150. The van der Waals surface area contributed by atoms with Crippen molar-refractivity contribution in [2.45, 2.75) is 6.54 Å². The lowest BCUT2D eigenvalue weighted by molar-refractivity contribution is -0.117. The molecule has 29 heavy (non-hydrogen) atoms. The van der Waals surface area contributed by atoms with Gasteiger partial charge in [-0.15, -0.1) is 0 Å². The van der Waals surface area contributed by atoms with Crippen molar-refractivity contribution in [1.82, 2.24) is 9.78 Å². The summed E-state index contributed by atoms with van der Waals surface area (Å²) < 4.78 is 6.39. The van der Waals surface area contributed by atoms with E-state index in [1.165, 1.54) is 12.3 Å².